The Balaban J connectivity index is 1.85. The summed E-state index contributed by atoms with van der Waals surface area (Å²) in [5, 5.41) is 7.11. The van der Waals surface area contributed by atoms with E-state index < -0.39 is 0 Å². The number of nitrogens with zero attached hydrogens (tertiary/aromatic N) is 2. The predicted molar refractivity (Wildman–Crippen MR) is 56.6 cm³/mol. The molecule has 0 spiro atoms. The number of halogens is 1. The lowest BCUT2D eigenvalue weighted by Gasteiger charge is -2.11. The van der Waals surface area contributed by atoms with Gasteiger partial charge in [0.15, 0.2) is 0 Å². The van der Waals surface area contributed by atoms with Crippen molar-refractivity contribution in [3.05, 3.63) is 17.5 Å². The molecule has 4 nitrogen and oxygen atoms in total. The summed E-state index contributed by atoms with van der Waals surface area (Å²) in [6.07, 6.45) is 3.95. The smallest absolute Gasteiger partial charge is 0.134 e. The van der Waals surface area contributed by atoms with Crippen molar-refractivity contribution in [2.45, 2.75) is 18.9 Å². The maximum absolute atomic E-state index is 5.73. The van der Waals surface area contributed by atoms with Gasteiger partial charge in [0, 0.05) is 18.7 Å². The monoisotopic (exact) mass is 212 g/mol. The number of hydrogen-bond donors (Lipinski definition) is 2. The molecule has 1 aliphatic heterocycles. The molecule has 0 bridgehead atoms. The summed E-state index contributed by atoms with van der Waals surface area (Å²) in [7, 11) is 0. The zero-order valence-corrected chi connectivity index (χ0v) is 8.59. The van der Waals surface area contributed by atoms with Crippen LogP contribution in [0.4, 0.5) is 5.82 Å². The van der Waals surface area contributed by atoms with Gasteiger partial charge in [0.25, 0.3) is 0 Å². The molecule has 1 fully saturated rings. The van der Waals surface area contributed by atoms with Crippen molar-refractivity contribution in [1.82, 2.24) is 15.3 Å². The van der Waals surface area contributed by atoms with E-state index in [0.29, 0.717) is 11.2 Å². The van der Waals surface area contributed by atoms with Crippen LogP contribution in [0.25, 0.3) is 0 Å². The van der Waals surface area contributed by atoms with Gasteiger partial charge >= 0.3 is 0 Å². The van der Waals surface area contributed by atoms with Crippen LogP contribution in [0.3, 0.4) is 0 Å². The van der Waals surface area contributed by atoms with Crippen LogP contribution in [0, 0.1) is 0 Å². The minimum Gasteiger partial charge on any atom is -0.368 e. The molecule has 0 unspecified atom stereocenters. The Hall–Kier alpha value is -0.870. The second kappa shape index (κ2) is 4.57. The maximum Gasteiger partial charge on any atom is 0.134 e. The molecule has 2 heterocycles. The summed E-state index contributed by atoms with van der Waals surface area (Å²) >= 11 is 5.73. The lowest BCUT2D eigenvalue weighted by Crippen LogP contribution is -2.29. The lowest BCUT2D eigenvalue weighted by molar-refractivity contribution is 0.632. The van der Waals surface area contributed by atoms with Crippen molar-refractivity contribution < 1.29 is 0 Å². The van der Waals surface area contributed by atoms with Gasteiger partial charge in [-0.3, -0.25) is 0 Å². The van der Waals surface area contributed by atoms with Gasteiger partial charge in [-0.1, -0.05) is 11.6 Å². The fourth-order valence-electron chi connectivity index (χ4n) is 1.59. The van der Waals surface area contributed by atoms with Crippen LogP contribution in [0.5, 0.6) is 0 Å². The first-order valence-corrected chi connectivity index (χ1v) is 5.17. The van der Waals surface area contributed by atoms with Gasteiger partial charge in [0.2, 0.25) is 0 Å². The molecule has 14 heavy (non-hydrogen) atoms. The second-order valence-electron chi connectivity index (χ2n) is 3.40. The van der Waals surface area contributed by atoms with E-state index in [1.807, 2.05) is 0 Å². The van der Waals surface area contributed by atoms with Gasteiger partial charge in [0.1, 0.15) is 17.3 Å². The van der Waals surface area contributed by atoms with Crippen LogP contribution >= 0.6 is 11.6 Å². The molecule has 1 aromatic heterocycles. The highest BCUT2D eigenvalue weighted by molar-refractivity contribution is 6.29. The van der Waals surface area contributed by atoms with Crippen LogP contribution in [-0.4, -0.2) is 29.1 Å². The molecule has 1 aliphatic rings. The Morgan fingerprint density at radius 3 is 3.21 bits per heavy atom. The first kappa shape index (κ1) is 9.68. The molecule has 0 saturated carbocycles. The maximum atomic E-state index is 5.73. The minimum absolute atomic E-state index is 0.474. The van der Waals surface area contributed by atoms with Crippen molar-refractivity contribution >= 4 is 17.4 Å². The minimum atomic E-state index is 0.474. The summed E-state index contributed by atoms with van der Waals surface area (Å²) in [6.45, 7) is 2.02. The fraction of sp³-hybridized carbons (Fsp3) is 0.556. The highest BCUT2D eigenvalue weighted by Gasteiger charge is 2.13. The predicted octanol–water partition coefficient (Wildman–Crippen LogP) is 1.29. The lowest BCUT2D eigenvalue weighted by atomic mass is 10.2. The normalized spacial score (nSPS) is 21.1. The molecule has 0 radical (unpaired) electrons. The number of hydrogen-bond acceptors (Lipinski definition) is 4. The standard InChI is InChI=1S/C9H13ClN4/c10-8-4-9(14-6-13-8)12-5-7-2-1-3-11-7/h4,6-7,11H,1-3,5H2,(H,12,13,14)/t7-/m0/s1. The van der Waals surface area contributed by atoms with Crippen molar-refractivity contribution in [3.63, 3.8) is 0 Å². The zero-order valence-electron chi connectivity index (χ0n) is 7.83. The van der Waals surface area contributed by atoms with Crippen LogP contribution in [0.1, 0.15) is 12.8 Å². The third kappa shape index (κ3) is 2.56. The topological polar surface area (TPSA) is 49.8 Å². The first-order valence-electron chi connectivity index (χ1n) is 4.79. The Morgan fingerprint density at radius 2 is 2.50 bits per heavy atom. The average molecular weight is 213 g/mol. The van der Waals surface area contributed by atoms with E-state index in [9.17, 15) is 0 Å². The Kier molecular flexibility index (Phi) is 3.16. The van der Waals surface area contributed by atoms with Gasteiger partial charge in [-0.2, -0.15) is 0 Å². The second-order valence-corrected chi connectivity index (χ2v) is 3.79. The molecule has 76 valence electrons. The molecule has 2 rings (SSSR count). The molecule has 5 heteroatoms. The molecular weight excluding hydrogens is 200 g/mol. The summed E-state index contributed by atoms with van der Waals surface area (Å²) in [5.41, 5.74) is 0. The molecule has 0 amide bonds. The largest absolute Gasteiger partial charge is 0.368 e. The molecular formula is C9H13ClN4. The Labute approximate surface area is 88.1 Å². The molecule has 2 N–H and O–H groups in total. The molecule has 1 atom stereocenters. The fourth-order valence-corrected chi connectivity index (χ4v) is 1.74. The van der Waals surface area contributed by atoms with Crippen LogP contribution in [0.15, 0.2) is 12.4 Å². The van der Waals surface area contributed by atoms with E-state index in [2.05, 4.69) is 20.6 Å². The van der Waals surface area contributed by atoms with Gasteiger partial charge in [-0.05, 0) is 19.4 Å². The molecule has 0 aromatic carbocycles. The van der Waals surface area contributed by atoms with Gasteiger partial charge < -0.3 is 10.6 Å². The molecule has 0 aliphatic carbocycles. The first-order chi connectivity index (χ1) is 6.84. The third-order valence-corrected chi connectivity index (χ3v) is 2.53. The number of anilines is 1. The van der Waals surface area contributed by atoms with Gasteiger partial charge in [0.05, 0.1) is 0 Å². The van der Waals surface area contributed by atoms with Crippen molar-refractivity contribution in [2.24, 2.45) is 0 Å². The number of rotatable bonds is 3. The summed E-state index contributed by atoms with van der Waals surface area (Å²) in [4.78, 5) is 7.88. The third-order valence-electron chi connectivity index (χ3n) is 2.33. The number of aromatic nitrogens is 2. The van der Waals surface area contributed by atoms with Crippen molar-refractivity contribution in [2.75, 3.05) is 18.4 Å². The zero-order chi connectivity index (χ0) is 9.80. The van der Waals surface area contributed by atoms with E-state index in [-0.39, 0.29) is 0 Å². The van der Waals surface area contributed by atoms with Crippen LogP contribution < -0.4 is 10.6 Å². The van der Waals surface area contributed by atoms with Crippen LogP contribution in [0.2, 0.25) is 5.15 Å². The Bertz CT molecular complexity index is 299. The summed E-state index contributed by atoms with van der Waals surface area (Å²) in [5.74, 6) is 0.790. The van der Waals surface area contributed by atoms with Crippen molar-refractivity contribution in [3.8, 4) is 0 Å². The Morgan fingerprint density at radius 1 is 1.57 bits per heavy atom. The van der Waals surface area contributed by atoms with E-state index >= 15 is 0 Å². The highest BCUT2D eigenvalue weighted by atomic mass is 35.5. The van der Waals surface area contributed by atoms with Gasteiger partial charge in [-0.15, -0.1) is 0 Å². The van der Waals surface area contributed by atoms with Crippen LogP contribution in [-0.2, 0) is 0 Å². The van der Waals surface area contributed by atoms with E-state index in [1.165, 1.54) is 19.2 Å². The quantitative estimate of drug-likeness (QED) is 0.742. The van der Waals surface area contributed by atoms with Crippen molar-refractivity contribution in [1.29, 1.82) is 0 Å². The molecule has 1 saturated heterocycles. The SMILES string of the molecule is Clc1cc(NC[C@@H]2CCCN2)ncn1. The molecule has 1 aromatic rings. The van der Waals surface area contributed by atoms with E-state index in [0.717, 1.165) is 18.9 Å². The number of nitrogens with one attached hydrogen (secondary N) is 2. The summed E-state index contributed by atoms with van der Waals surface area (Å²) < 4.78 is 0. The van der Waals surface area contributed by atoms with E-state index in [4.69, 9.17) is 11.6 Å². The average Bonchev–Trinajstić information content (AvgIpc) is 2.67. The summed E-state index contributed by atoms with van der Waals surface area (Å²) in [6, 6.07) is 2.29. The highest BCUT2D eigenvalue weighted by Crippen LogP contribution is 2.10. The van der Waals surface area contributed by atoms with Gasteiger partial charge in [-0.25, -0.2) is 9.97 Å². The van der Waals surface area contributed by atoms with E-state index in [1.54, 1.807) is 6.07 Å².